The Labute approximate surface area is 179 Å². The third kappa shape index (κ3) is 4.80. The van der Waals surface area contributed by atoms with Crippen molar-refractivity contribution in [1.82, 2.24) is 4.57 Å². The minimum atomic E-state index is -0.873. The Bertz CT molecular complexity index is 1150. The van der Waals surface area contributed by atoms with Crippen LogP contribution in [-0.4, -0.2) is 26.5 Å². The molecule has 3 aromatic rings. The van der Waals surface area contributed by atoms with Gasteiger partial charge in [0.05, 0.1) is 5.02 Å². The number of aromatic nitrogens is 1. The van der Waals surface area contributed by atoms with Gasteiger partial charge >= 0.3 is 10.8 Å². The molecule has 2 aromatic heterocycles. The zero-order valence-electron chi connectivity index (χ0n) is 15.7. The molecule has 3 N–H and O–H groups in total. The summed E-state index contributed by atoms with van der Waals surface area (Å²) in [5.74, 6) is -1.26. The highest BCUT2D eigenvalue weighted by atomic mass is 35.5. The second-order valence-corrected chi connectivity index (χ2v) is 7.91. The van der Waals surface area contributed by atoms with Gasteiger partial charge in [-0.3, -0.25) is 19.6 Å². The summed E-state index contributed by atoms with van der Waals surface area (Å²) < 4.78 is 20.1. The number of carboxylic acid groups (broad SMARTS) is 1. The van der Waals surface area contributed by atoms with Crippen molar-refractivity contribution in [1.29, 1.82) is 5.41 Å². The molecule has 0 fully saturated rings. The summed E-state index contributed by atoms with van der Waals surface area (Å²) in [6.07, 6.45) is 1.67. The minimum Gasteiger partial charge on any atom is -0.493 e. The number of rotatable bonds is 9. The minimum absolute atomic E-state index is 0.0561. The number of aliphatic carboxylic acids is 1. The molecule has 0 unspecified atom stereocenters. The molecular weight excluding hydrogens is 435 g/mol. The van der Waals surface area contributed by atoms with Crippen molar-refractivity contribution in [2.45, 2.75) is 32.2 Å². The Balaban J connectivity index is 1.74. The number of aromatic hydroxyl groups is 1. The van der Waals surface area contributed by atoms with Crippen LogP contribution in [0.1, 0.15) is 36.3 Å². The summed E-state index contributed by atoms with van der Waals surface area (Å²) in [5.41, 5.74) is 0.371. The van der Waals surface area contributed by atoms with Crippen LogP contribution in [0.3, 0.4) is 0 Å². The average molecular weight is 453 g/mol. The molecule has 158 valence electrons. The Morgan fingerprint density at radius 3 is 2.70 bits per heavy atom. The number of nitrogens with one attached hydrogen (secondary N) is 1. The fourth-order valence-corrected chi connectivity index (χ4v) is 3.92. The highest BCUT2D eigenvalue weighted by Crippen LogP contribution is 2.29. The van der Waals surface area contributed by atoms with E-state index in [1.165, 1.54) is 28.8 Å². The third-order valence-corrected chi connectivity index (χ3v) is 5.70. The van der Waals surface area contributed by atoms with E-state index in [2.05, 4.69) is 0 Å². The number of furan rings is 1. The molecule has 0 amide bonds. The first kappa shape index (κ1) is 21.8. The Morgan fingerprint density at radius 1 is 1.23 bits per heavy atom. The molecule has 0 bridgehead atoms. The molecule has 0 saturated heterocycles. The maximum absolute atomic E-state index is 13.3. The molecule has 10 heteroatoms. The molecule has 30 heavy (non-hydrogen) atoms. The number of hydrogen-bond donors (Lipinski definition) is 3. The highest BCUT2D eigenvalue weighted by molar-refractivity contribution is 7.12. The maximum Gasteiger partial charge on any atom is 0.310 e. The third-order valence-electron chi connectivity index (χ3n) is 4.42. The lowest BCUT2D eigenvalue weighted by molar-refractivity contribution is -0.137. The van der Waals surface area contributed by atoms with Gasteiger partial charge in [-0.1, -0.05) is 29.4 Å². The summed E-state index contributed by atoms with van der Waals surface area (Å²) in [6.45, 7) is 0.228. The number of halogens is 2. The van der Waals surface area contributed by atoms with Crippen LogP contribution in [0.2, 0.25) is 5.02 Å². The number of thiazole rings is 1. The number of nitrogens with zero attached hydrogens (tertiary/aromatic N) is 1. The van der Waals surface area contributed by atoms with Gasteiger partial charge < -0.3 is 14.6 Å². The van der Waals surface area contributed by atoms with Crippen molar-refractivity contribution in [2.24, 2.45) is 0 Å². The number of benzene rings is 1. The molecule has 0 aliphatic carbocycles. The number of hydrogen-bond acceptors (Lipinski definition) is 6. The van der Waals surface area contributed by atoms with Crippen LogP contribution in [0.15, 0.2) is 39.5 Å². The predicted molar refractivity (Wildman–Crippen MR) is 111 cm³/mol. The van der Waals surface area contributed by atoms with Gasteiger partial charge in [-0.05, 0) is 43.2 Å². The molecule has 3 rings (SSSR count). The van der Waals surface area contributed by atoms with E-state index in [9.17, 15) is 19.1 Å². The number of unbranched alkanes of at least 4 members (excludes halogenated alkanes) is 2. The van der Waals surface area contributed by atoms with E-state index >= 15 is 0 Å². The van der Waals surface area contributed by atoms with Crippen LogP contribution >= 0.6 is 22.9 Å². The first-order valence-electron chi connectivity index (χ1n) is 9.07. The van der Waals surface area contributed by atoms with E-state index < -0.39 is 16.7 Å². The van der Waals surface area contributed by atoms with Crippen molar-refractivity contribution in [3.05, 3.63) is 61.5 Å². The molecule has 0 atom stereocenters. The lowest BCUT2D eigenvalue weighted by Gasteiger charge is -2.04. The van der Waals surface area contributed by atoms with Crippen LogP contribution in [0.25, 0.3) is 11.3 Å². The van der Waals surface area contributed by atoms with Crippen molar-refractivity contribution < 1.29 is 23.8 Å². The fraction of sp³-hybridized carbons (Fsp3) is 0.250. The van der Waals surface area contributed by atoms with Gasteiger partial charge in [-0.25, -0.2) is 4.39 Å². The van der Waals surface area contributed by atoms with Gasteiger partial charge in [-0.15, -0.1) is 0 Å². The van der Waals surface area contributed by atoms with Gasteiger partial charge in [0.1, 0.15) is 22.2 Å². The molecule has 0 spiro atoms. The Hall–Kier alpha value is -2.91. The predicted octanol–water partition coefficient (Wildman–Crippen LogP) is 4.73. The van der Waals surface area contributed by atoms with Crippen LogP contribution in [-0.2, 0) is 11.3 Å². The normalized spacial score (nSPS) is 11.0. The van der Waals surface area contributed by atoms with E-state index in [4.69, 9.17) is 26.5 Å². The van der Waals surface area contributed by atoms with E-state index in [1.807, 2.05) is 0 Å². The summed E-state index contributed by atoms with van der Waals surface area (Å²) in [6, 6.07) is 7.21. The number of carboxylic acids is 1. The topological polar surface area (TPSA) is 117 Å². The molecule has 2 heterocycles. The zero-order valence-corrected chi connectivity index (χ0v) is 17.2. The van der Waals surface area contributed by atoms with Crippen molar-refractivity contribution in [2.75, 3.05) is 0 Å². The van der Waals surface area contributed by atoms with Crippen LogP contribution in [0.5, 0.6) is 5.88 Å². The SMILES string of the molecule is N=C(c1ccc(-c2ccc(F)c(Cl)c2)o1)c1sc(=O)n(CCCCCC(=O)O)c1O. The summed E-state index contributed by atoms with van der Waals surface area (Å²) in [4.78, 5) is 22.4. The van der Waals surface area contributed by atoms with E-state index in [1.54, 1.807) is 6.07 Å². The quantitative estimate of drug-likeness (QED) is 0.320. The molecule has 0 aliphatic heterocycles. The van der Waals surface area contributed by atoms with Gasteiger partial charge in [0.2, 0.25) is 5.88 Å². The smallest absolute Gasteiger partial charge is 0.310 e. The highest BCUT2D eigenvalue weighted by Gasteiger charge is 2.21. The van der Waals surface area contributed by atoms with Crippen LogP contribution < -0.4 is 4.87 Å². The summed E-state index contributed by atoms with van der Waals surface area (Å²) >= 11 is 6.52. The second-order valence-electron chi connectivity index (χ2n) is 6.54. The van der Waals surface area contributed by atoms with E-state index in [0.717, 1.165) is 11.3 Å². The molecule has 7 nitrogen and oxygen atoms in total. The summed E-state index contributed by atoms with van der Waals surface area (Å²) in [7, 11) is 0. The van der Waals surface area contributed by atoms with Crippen molar-refractivity contribution >= 4 is 34.6 Å². The Kier molecular flexibility index (Phi) is 6.73. The molecule has 0 saturated carbocycles. The monoisotopic (exact) mass is 452 g/mol. The summed E-state index contributed by atoms with van der Waals surface area (Å²) in [5, 5.41) is 27.3. The van der Waals surface area contributed by atoms with E-state index in [-0.39, 0.29) is 40.2 Å². The molecular formula is C20H18ClFN2O5S. The second kappa shape index (κ2) is 9.27. The number of carbonyl (C=O) groups is 1. The standard InChI is InChI=1S/C20H18ClFN2O5S/c21-12-10-11(5-6-13(12)22)14-7-8-15(29-14)17(23)18-19(27)24(20(28)30-18)9-3-1-2-4-16(25)26/h5-8,10,23,27H,1-4,9H2,(H,25,26). The van der Waals surface area contributed by atoms with Gasteiger partial charge in [0.25, 0.3) is 0 Å². The lowest BCUT2D eigenvalue weighted by Crippen LogP contribution is -2.12. The van der Waals surface area contributed by atoms with Gasteiger partial charge in [0.15, 0.2) is 5.76 Å². The van der Waals surface area contributed by atoms with Crippen LogP contribution in [0.4, 0.5) is 4.39 Å². The van der Waals surface area contributed by atoms with Crippen molar-refractivity contribution in [3.8, 4) is 17.2 Å². The maximum atomic E-state index is 13.3. The molecule has 0 radical (unpaired) electrons. The zero-order chi connectivity index (χ0) is 21.8. The molecule has 0 aliphatic rings. The van der Waals surface area contributed by atoms with Gasteiger partial charge in [-0.2, -0.15) is 0 Å². The first-order chi connectivity index (χ1) is 14.3. The lowest BCUT2D eigenvalue weighted by atomic mass is 10.2. The van der Waals surface area contributed by atoms with E-state index in [0.29, 0.717) is 30.6 Å². The van der Waals surface area contributed by atoms with Crippen molar-refractivity contribution in [3.63, 3.8) is 0 Å². The molecule has 1 aromatic carbocycles. The van der Waals surface area contributed by atoms with Crippen LogP contribution in [0, 0.1) is 11.2 Å². The fourth-order valence-electron chi connectivity index (χ4n) is 2.87. The Morgan fingerprint density at radius 2 is 2.00 bits per heavy atom. The van der Waals surface area contributed by atoms with Gasteiger partial charge in [0, 0.05) is 18.5 Å². The first-order valence-corrected chi connectivity index (χ1v) is 10.3. The average Bonchev–Trinajstić information content (AvgIpc) is 3.29. The largest absolute Gasteiger partial charge is 0.493 e.